The molecule has 41 heavy (non-hydrogen) atoms. The number of thioether (sulfide) groups is 1. The number of nitrogens with one attached hydrogen (secondary N) is 1. The lowest BCUT2D eigenvalue weighted by molar-refractivity contribution is -0.664. The number of imidazole rings is 1. The molecule has 1 saturated heterocycles. The molecule has 15 nitrogen and oxygen atoms in total. The molecule has 5 N–H and O–H groups in total. The van der Waals surface area contributed by atoms with Crippen LogP contribution in [-0.2, 0) is 32.3 Å². The number of aromatic nitrogens is 5. The number of hydrogen-bond acceptors (Lipinski definition) is 13. The van der Waals surface area contributed by atoms with Gasteiger partial charge in [-0.2, -0.15) is 9.36 Å². The quantitative estimate of drug-likeness (QED) is 0.0981. The number of carbonyl (C=O) groups excluding carboxylic acids is 3. The fourth-order valence-electron chi connectivity index (χ4n) is 4.58. The van der Waals surface area contributed by atoms with E-state index < -0.39 is 29.2 Å². The van der Waals surface area contributed by atoms with E-state index in [9.17, 15) is 19.5 Å². The van der Waals surface area contributed by atoms with Gasteiger partial charge in [-0.05, 0) is 37.4 Å². The summed E-state index contributed by atoms with van der Waals surface area (Å²) in [5.41, 5.74) is 13.1. The molecule has 0 radical (unpaired) electrons. The van der Waals surface area contributed by atoms with Gasteiger partial charge in [-0.25, -0.2) is 4.57 Å². The normalized spacial score (nSPS) is 19.6. The third-order valence-corrected chi connectivity index (χ3v) is 8.40. The van der Waals surface area contributed by atoms with Crippen LogP contribution in [0.4, 0.5) is 5.13 Å². The zero-order valence-corrected chi connectivity index (χ0v) is 23.9. The molecule has 0 aliphatic carbocycles. The number of rotatable bonds is 11. The Kier molecular flexibility index (Phi) is 8.18. The largest absolute Gasteiger partial charge is 0.543 e. The predicted octanol–water partition coefficient (Wildman–Crippen LogP) is -1.66. The Morgan fingerprint density at radius 1 is 1.41 bits per heavy atom. The van der Waals surface area contributed by atoms with Crippen molar-refractivity contribution in [2.24, 2.45) is 10.9 Å². The zero-order valence-electron chi connectivity index (χ0n) is 22.2. The fourth-order valence-corrected chi connectivity index (χ4v) is 6.35. The molecule has 216 valence electrons. The summed E-state index contributed by atoms with van der Waals surface area (Å²) in [5, 5.41) is 18.2. The number of β-lactam (4-membered cyclic amide) rings is 1. The van der Waals surface area contributed by atoms with Gasteiger partial charge >= 0.3 is 5.65 Å². The van der Waals surface area contributed by atoms with Gasteiger partial charge in [0.05, 0.1) is 17.9 Å². The highest BCUT2D eigenvalue weighted by atomic mass is 32.2. The first-order valence-corrected chi connectivity index (χ1v) is 14.6. The van der Waals surface area contributed by atoms with Gasteiger partial charge < -0.3 is 36.1 Å². The molecule has 3 atom stereocenters. The molecule has 0 bridgehead atoms. The second kappa shape index (κ2) is 11.8. The molecule has 0 aromatic carbocycles. The van der Waals surface area contributed by atoms with Crippen molar-refractivity contribution in [1.29, 1.82) is 0 Å². The summed E-state index contributed by atoms with van der Waals surface area (Å²) >= 11 is 2.22. The lowest BCUT2D eigenvalue weighted by atomic mass is 10.0. The second-order valence-electron chi connectivity index (χ2n) is 9.46. The zero-order chi connectivity index (χ0) is 29.3. The molecular formula is C24H28N10O5S2. The van der Waals surface area contributed by atoms with Crippen LogP contribution in [0.1, 0.15) is 26.1 Å². The van der Waals surface area contributed by atoms with Crippen LogP contribution in [0.2, 0.25) is 0 Å². The van der Waals surface area contributed by atoms with Gasteiger partial charge in [-0.3, -0.25) is 14.5 Å². The average molecular weight is 601 g/mol. The Labute approximate surface area is 242 Å². The minimum Gasteiger partial charge on any atom is -0.543 e. The van der Waals surface area contributed by atoms with E-state index in [1.165, 1.54) is 11.8 Å². The lowest BCUT2D eigenvalue weighted by Gasteiger charge is -2.50. The number of anilines is 1. The lowest BCUT2D eigenvalue weighted by Crippen LogP contribution is -2.71. The number of nitrogens with two attached hydrogens (primary N) is 2. The van der Waals surface area contributed by atoms with Crippen LogP contribution in [-0.4, -0.2) is 77.1 Å². The summed E-state index contributed by atoms with van der Waals surface area (Å²) in [4.78, 5) is 53.2. The summed E-state index contributed by atoms with van der Waals surface area (Å²) in [6, 6.07) is 2.84. The summed E-state index contributed by atoms with van der Waals surface area (Å²) in [5.74, 6) is -2.55. The van der Waals surface area contributed by atoms with Gasteiger partial charge in [-0.15, -0.1) is 11.8 Å². The van der Waals surface area contributed by atoms with E-state index in [0.29, 0.717) is 23.5 Å². The maximum absolute atomic E-state index is 13.2. The van der Waals surface area contributed by atoms with Gasteiger partial charge in [0.25, 0.3) is 11.8 Å². The predicted molar refractivity (Wildman–Crippen MR) is 148 cm³/mol. The van der Waals surface area contributed by atoms with Crippen molar-refractivity contribution in [2.75, 3.05) is 18.1 Å². The molecule has 3 aromatic rings. The van der Waals surface area contributed by atoms with Gasteiger partial charge in [0.2, 0.25) is 17.9 Å². The molecule has 2 aliphatic heterocycles. The van der Waals surface area contributed by atoms with Gasteiger partial charge in [0.1, 0.15) is 30.1 Å². The molecule has 5 rings (SSSR count). The molecular weight excluding hydrogens is 572 g/mol. The first-order valence-electron chi connectivity index (χ1n) is 12.8. The molecule has 5 heterocycles. The van der Waals surface area contributed by atoms with Crippen LogP contribution in [0.5, 0.6) is 0 Å². The number of carboxylic acid groups (broad SMARTS) is 1. The van der Waals surface area contributed by atoms with Crippen LogP contribution in [0.3, 0.4) is 0 Å². The fraction of sp³-hybridized carbons (Fsp3) is 0.417. The number of pyridine rings is 1. The average Bonchev–Trinajstić information content (AvgIpc) is 3.57. The highest BCUT2D eigenvalue weighted by Crippen LogP contribution is 2.40. The van der Waals surface area contributed by atoms with Crippen molar-refractivity contribution in [3.63, 3.8) is 0 Å². The topological polar surface area (TPSA) is 211 Å². The van der Waals surface area contributed by atoms with Crippen molar-refractivity contribution >= 4 is 63.1 Å². The van der Waals surface area contributed by atoms with Crippen molar-refractivity contribution in [1.82, 2.24) is 29.1 Å². The summed E-state index contributed by atoms with van der Waals surface area (Å²) < 4.78 is 7.83. The Balaban J connectivity index is 1.36. The molecule has 2 aliphatic rings. The number of amides is 2. The van der Waals surface area contributed by atoms with E-state index in [2.05, 4.69) is 24.8 Å². The molecule has 17 heteroatoms. The monoisotopic (exact) mass is 600 g/mol. The highest BCUT2D eigenvalue weighted by Gasteiger charge is 2.53. The van der Waals surface area contributed by atoms with Gasteiger partial charge in [0, 0.05) is 35.4 Å². The van der Waals surface area contributed by atoms with Crippen LogP contribution >= 0.6 is 23.3 Å². The number of aryl methyl sites for hydroxylation is 1. The van der Waals surface area contributed by atoms with E-state index in [0.717, 1.165) is 28.4 Å². The van der Waals surface area contributed by atoms with Gasteiger partial charge in [0.15, 0.2) is 5.13 Å². The first-order chi connectivity index (χ1) is 19.7. The number of carbonyl (C=O) groups is 3. The van der Waals surface area contributed by atoms with Crippen molar-refractivity contribution in [3.05, 3.63) is 41.8 Å². The van der Waals surface area contributed by atoms with E-state index in [-0.39, 0.29) is 41.6 Å². The highest BCUT2D eigenvalue weighted by molar-refractivity contribution is 8.00. The molecule has 0 spiro atoms. The Morgan fingerprint density at radius 3 is 2.90 bits per heavy atom. The third kappa shape index (κ3) is 5.59. The second-order valence-corrected chi connectivity index (χ2v) is 11.4. The van der Waals surface area contributed by atoms with Gasteiger partial charge in [-0.1, -0.05) is 5.16 Å². The minimum absolute atomic E-state index is 0.0397. The van der Waals surface area contributed by atoms with Crippen LogP contribution in [0, 0.1) is 0 Å². The number of nitrogens with zero attached hydrogens (tertiary/aromatic N) is 7. The molecule has 3 aromatic heterocycles. The van der Waals surface area contributed by atoms with Crippen LogP contribution < -0.4 is 26.5 Å². The third-order valence-electron chi connectivity index (χ3n) is 6.52. The number of fused-ring (bicyclic) bond motifs is 2. The number of carboxylic acids is 1. The van der Waals surface area contributed by atoms with Crippen molar-refractivity contribution in [2.45, 2.75) is 50.8 Å². The Hall–Kier alpha value is -4.09. The maximum atomic E-state index is 13.2. The molecule has 2 amide bonds. The summed E-state index contributed by atoms with van der Waals surface area (Å²) in [7, 11) is 0. The Morgan fingerprint density at radius 2 is 2.22 bits per heavy atom. The van der Waals surface area contributed by atoms with E-state index >= 15 is 0 Å². The smallest absolute Gasteiger partial charge is 0.349 e. The molecule has 2 unspecified atom stereocenters. The Bertz CT molecular complexity index is 1560. The summed E-state index contributed by atoms with van der Waals surface area (Å²) in [6.07, 6.45) is 4.32. The maximum Gasteiger partial charge on any atom is 0.349 e. The van der Waals surface area contributed by atoms with Crippen molar-refractivity contribution < 1.29 is 28.9 Å². The number of aliphatic carboxylic acids is 1. The number of hydrogen-bond donors (Lipinski definition) is 3. The summed E-state index contributed by atoms with van der Waals surface area (Å²) in [6.45, 7) is 4.70. The molecule has 1 fully saturated rings. The standard InChI is InChI=1S/C24H28N10O5S2/c1-3-39-30-15(18-29-24(26)41-31-18)20(35)28-16-21(36)34-17(23(37)38)13(10-40-22(16)34)9-32-7-4-5-14-19(32)27-11-33(14)8-6-12(2)25/h4-5,7,11-12,16,22H,3,6,8-10,25H2,1-2H3,(H3-,26,28,29,31,35,37,38)/b30-15-/t12-,16?,22?/m0/s1. The number of oxime groups is 1. The van der Waals surface area contributed by atoms with Crippen LogP contribution in [0.25, 0.3) is 11.2 Å². The number of nitrogen functional groups attached to an aromatic ring is 1. The van der Waals surface area contributed by atoms with E-state index in [4.69, 9.17) is 16.3 Å². The SMILES string of the molecule is CCO/N=C(\C(=O)NC1C(=O)N2C(C(=O)[O-])=C(C[n+]3cccc4c3ncn4CC[C@H](C)N)CSC12)c1nsc(N)n1. The first kappa shape index (κ1) is 28.4. The van der Waals surface area contributed by atoms with E-state index in [1.54, 1.807) is 19.4 Å². The van der Waals surface area contributed by atoms with Crippen LogP contribution in [0.15, 0.2) is 41.1 Å². The molecule has 0 saturated carbocycles. The minimum atomic E-state index is -1.47. The van der Waals surface area contributed by atoms with Crippen molar-refractivity contribution in [3.8, 4) is 0 Å². The van der Waals surface area contributed by atoms with E-state index in [1.807, 2.05) is 28.2 Å².